The maximum Gasteiger partial charge on any atom is 0.357 e. The third-order valence-electron chi connectivity index (χ3n) is 3.22. The molecule has 0 saturated carbocycles. The van der Waals surface area contributed by atoms with Crippen molar-refractivity contribution in [1.29, 1.82) is 0 Å². The second kappa shape index (κ2) is 9.20. The molecule has 0 aliphatic heterocycles. The number of amides is 1. The Morgan fingerprint density at radius 2 is 2.18 bits per heavy atom. The topological polar surface area (TPSA) is 170 Å². The number of hydrogen-bond donors (Lipinski definition) is 5. The van der Waals surface area contributed by atoms with Gasteiger partial charge in [0.1, 0.15) is 10.8 Å². The van der Waals surface area contributed by atoms with Crippen molar-refractivity contribution < 1.29 is 27.8 Å². The van der Waals surface area contributed by atoms with E-state index >= 15 is 0 Å². The molecule has 2 rings (SSSR count). The number of carbonyl (C=O) groups is 2. The Kier molecular flexibility index (Phi) is 6.97. The quantitative estimate of drug-likeness (QED) is 0.243. The zero-order valence-corrected chi connectivity index (χ0v) is 15.9. The van der Waals surface area contributed by atoms with Gasteiger partial charge in [-0.05, 0) is 12.1 Å². The number of nitrogens with two attached hydrogens (primary N) is 1. The van der Waals surface area contributed by atoms with E-state index < -0.39 is 34.7 Å². The van der Waals surface area contributed by atoms with Crippen molar-refractivity contribution in [2.24, 2.45) is 10.7 Å². The molecular weight excluding hydrogens is 415 g/mol. The minimum Gasteiger partial charge on any atom is -0.476 e. The van der Waals surface area contributed by atoms with Crippen LogP contribution in [0.15, 0.2) is 28.7 Å². The van der Waals surface area contributed by atoms with Gasteiger partial charge in [0.05, 0.1) is 23.4 Å². The highest BCUT2D eigenvalue weighted by Crippen LogP contribution is 2.34. The summed E-state index contributed by atoms with van der Waals surface area (Å²) in [5.41, 5.74) is 5.82. The Hall–Kier alpha value is -3.10. The van der Waals surface area contributed by atoms with Crippen LogP contribution >= 0.6 is 11.3 Å². The summed E-state index contributed by atoms with van der Waals surface area (Å²) in [6.45, 7) is -0.250. The number of carboxylic acids is 1. The van der Waals surface area contributed by atoms with Crippen molar-refractivity contribution in [2.45, 2.75) is 0 Å². The molecule has 1 aromatic heterocycles. The molecule has 1 unspecified atom stereocenters. The number of carbonyl (C=O) groups excluding carboxylic acids is 1. The van der Waals surface area contributed by atoms with E-state index in [1.807, 2.05) is 0 Å². The van der Waals surface area contributed by atoms with Crippen molar-refractivity contribution in [3.05, 3.63) is 35.2 Å². The fourth-order valence-corrected chi connectivity index (χ4v) is 3.54. The number of aliphatic imine (C=N–C) groups is 1. The Balaban J connectivity index is 2.26. The number of halogens is 1. The third-order valence-corrected chi connectivity index (χ3v) is 4.86. The number of carboxylic acid groups (broad SMARTS) is 1. The van der Waals surface area contributed by atoms with E-state index in [1.54, 1.807) is 0 Å². The number of anilines is 3. The van der Waals surface area contributed by atoms with E-state index in [1.165, 1.54) is 24.7 Å². The van der Waals surface area contributed by atoms with Gasteiger partial charge in [0, 0.05) is 13.1 Å². The smallest absolute Gasteiger partial charge is 0.357 e. The van der Waals surface area contributed by atoms with Gasteiger partial charge in [-0.3, -0.25) is 14.3 Å². The Labute approximate surface area is 164 Å². The zero-order valence-electron chi connectivity index (χ0n) is 14.2. The number of hydrogen-bond acceptors (Lipinski definition) is 6. The second-order valence-electron chi connectivity index (χ2n) is 5.01. The molecule has 1 aromatic carbocycles. The van der Waals surface area contributed by atoms with Crippen LogP contribution in [0.5, 0.6) is 0 Å². The van der Waals surface area contributed by atoms with Crippen LogP contribution in [0, 0.1) is 5.82 Å². The minimum atomic E-state index is -2.70. The normalized spacial score (nSPS) is 12.3. The Morgan fingerprint density at radius 3 is 2.75 bits per heavy atom. The summed E-state index contributed by atoms with van der Waals surface area (Å²) in [6, 6.07) is 3.29. The third kappa shape index (κ3) is 4.99. The van der Waals surface area contributed by atoms with Crippen molar-refractivity contribution in [1.82, 2.24) is 10.3 Å². The van der Waals surface area contributed by atoms with E-state index in [2.05, 4.69) is 20.6 Å². The molecule has 1 atom stereocenters. The number of benzene rings is 1. The highest BCUT2D eigenvalue weighted by Gasteiger charge is 2.25. The SMILES string of the molecule is CN=C(N)NCC(=O)Nc1ccc(N(c2scnc2C(=O)O)S(=O)O)cc1F. The van der Waals surface area contributed by atoms with Gasteiger partial charge in [-0.15, -0.1) is 11.3 Å². The Bertz CT molecular complexity index is 950. The van der Waals surface area contributed by atoms with Crippen LogP contribution in [0.1, 0.15) is 10.5 Å². The van der Waals surface area contributed by atoms with E-state index in [-0.39, 0.29) is 28.9 Å². The van der Waals surface area contributed by atoms with Gasteiger partial charge in [0.2, 0.25) is 5.91 Å². The van der Waals surface area contributed by atoms with E-state index in [0.29, 0.717) is 4.31 Å². The highest BCUT2D eigenvalue weighted by atomic mass is 32.2. The number of rotatable bonds is 7. The summed E-state index contributed by atoms with van der Waals surface area (Å²) in [4.78, 5) is 30.2. The molecule has 1 amide bonds. The lowest BCUT2D eigenvalue weighted by Gasteiger charge is -2.19. The maximum absolute atomic E-state index is 14.4. The van der Waals surface area contributed by atoms with Crippen LogP contribution in [-0.2, 0) is 16.1 Å². The van der Waals surface area contributed by atoms with Crippen LogP contribution < -0.4 is 20.7 Å². The molecule has 0 saturated heterocycles. The molecular formula is C14H15FN6O5S2. The fraction of sp³-hybridized carbons (Fsp3) is 0.143. The van der Waals surface area contributed by atoms with Gasteiger partial charge in [0.15, 0.2) is 11.7 Å². The molecule has 0 radical (unpaired) electrons. The lowest BCUT2D eigenvalue weighted by Crippen LogP contribution is -2.37. The van der Waals surface area contributed by atoms with Crippen LogP contribution in [0.2, 0.25) is 0 Å². The van der Waals surface area contributed by atoms with E-state index in [9.17, 15) is 22.7 Å². The molecule has 14 heteroatoms. The molecule has 1 heterocycles. The number of aromatic nitrogens is 1. The predicted molar refractivity (Wildman–Crippen MR) is 103 cm³/mol. The van der Waals surface area contributed by atoms with Gasteiger partial charge >= 0.3 is 5.97 Å². The molecule has 0 bridgehead atoms. The van der Waals surface area contributed by atoms with E-state index in [0.717, 1.165) is 17.4 Å². The lowest BCUT2D eigenvalue weighted by atomic mass is 10.2. The summed E-state index contributed by atoms with van der Waals surface area (Å²) in [5, 5.41) is 13.8. The number of aromatic carboxylic acids is 1. The number of guanidine groups is 1. The van der Waals surface area contributed by atoms with Gasteiger partial charge in [-0.1, -0.05) is 0 Å². The summed E-state index contributed by atoms with van der Waals surface area (Å²) < 4.78 is 36.4. The van der Waals surface area contributed by atoms with Crippen LogP contribution in [0.25, 0.3) is 0 Å². The molecule has 0 spiro atoms. The fourth-order valence-electron chi connectivity index (χ4n) is 1.99. The van der Waals surface area contributed by atoms with Crippen LogP contribution in [0.4, 0.5) is 20.8 Å². The number of thiazole rings is 1. The van der Waals surface area contributed by atoms with Crippen molar-refractivity contribution in [3.63, 3.8) is 0 Å². The van der Waals surface area contributed by atoms with Crippen molar-refractivity contribution >= 4 is 56.8 Å². The molecule has 28 heavy (non-hydrogen) atoms. The molecule has 0 fully saturated rings. The maximum atomic E-state index is 14.4. The summed E-state index contributed by atoms with van der Waals surface area (Å²) in [6.07, 6.45) is 0. The van der Waals surface area contributed by atoms with Crippen LogP contribution in [0.3, 0.4) is 0 Å². The predicted octanol–water partition coefficient (Wildman–Crippen LogP) is 0.728. The first-order valence-electron chi connectivity index (χ1n) is 7.38. The number of nitrogens with zero attached hydrogens (tertiary/aromatic N) is 3. The van der Waals surface area contributed by atoms with Crippen LogP contribution in [-0.4, -0.2) is 50.3 Å². The molecule has 2 aromatic rings. The average Bonchev–Trinajstić information content (AvgIpc) is 3.11. The lowest BCUT2D eigenvalue weighted by molar-refractivity contribution is -0.115. The molecule has 0 aliphatic carbocycles. The highest BCUT2D eigenvalue weighted by molar-refractivity contribution is 7.81. The first-order chi connectivity index (χ1) is 13.2. The number of nitrogens with one attached hydrogen (secondary N) is 2. The zero-order chi connectivity index (χ0) is 20.8. The summed E-state index contributed by atoms with van der Waals surface area (Å²) in [5.74, 6) is -2.87. The second-order valence-corrected chi connectivity index (χ2v) is 6.67. The van der Waals surface area contributed by atoms with E-state index in [4.69, 9.17) is 10.8 Å². The largest absolute Gasteiger partial charge is 0.476 e. The van der Waals surface area contributed by atoms with Gasteiger partial charge in [-0.2, -0.15) is 0 Å². The summed E-state index contributed by atoms with van der Waals surface area (Å²) >= 11 is -1.90. The first-order valence-corrected chi connectivity index (χ1v) is 9.32. The molecule has 150 valence electrons. The van der Waals surface area contributed by atoms with Gasteiger partial charge in [-0.25, -0.2) is 22.7 Å². The minimum absolute atomic E-state index is 0.0332. The standard InChI is InChI=1S/C14H15FN6O5S2/c1-17-14(16)18-5-10(22)20-9-3-2-7(4-8(9)15)21(28(25)26)12-11(13(23)24)19-6-27-12/h2-4,6H,5H2,1H3,(H,20,22)(H,23,24)(H,25,26)(H3,16,17,18). The van der Waals surface area contributed by atoms with Crippen molar-refractivity contribution in [2.75, 3.05) is 23.2 Å². The molecule has 11 nitrogen and oxygen atoms in total. The first kappa shape index (κ1) is 21.2. The molecule has 6 N–H and O–H groups in total. The average molecular weight is 430 g/mol. The van der Waals surface area contributed by atoms with Gasteiger partial charge < -0.3 is 21.5 Å². The van der Waals surface area contributed by atoms with Gasteiger partial charge in [0.25, 0.3) is 11.3 Å². The van der Waals surface area contributed by atoms with Crippen molar-refractivity contribution in [3.8, 4) is 0 Å². The Morgan fingerprint density at radius 1 is 1.46 bits per heavy atom. The molecule has 0 aliphatic rings. The summed E-state index contributed by atoms with van der Waals surface area (Å²) in [7, 11) is 1.42. The monoisotopic (exact) mass is 430 g/mol.